The Balaban J connectivity index is 1.60. The van der Waals surface area contributed by atoms with Gasteiger partial charge in [0.2, 0.25) is 10.0 Å². The molecule has 0 aliphatic carbocycles. The van der Waals surface area contributed by atoms with Gasteiger partial charge in [0.15, 0.2) is 0 Å². The number of rotatable bonds is 6. The number of aromatic nitrogens is 1. The average Bonchev–Trinajstić information content (AvgIpc) is 3.02. The molecule has 1 unspecified atom stereocenters. The Morgan fingerprint density at radius 1 is 1.13 bits per heavy atom. The predicted octanol–water partition coefficient (Wildman–Crippen LogP) is 2.79. The molecule has 0 saturated carbocycles. The van der Waals surface area contributed by atoms with Gasteiger partial charge in [0.05, 0.1) is 11.9 Å². The normalized spacial score (nSPS) is 17.8. The van der Waals surface area contributed by atoms with Gasteiger partial charge >= 0.3 is 0 Å². The molecule has 1 fully saturated rings. The Kier molecular flexibility index (Phi) is 4.78. The molecule has 1 aliphatic heterocycles. The Morgan fingerprint density at radius 3 is 2.48 bits per heavy atom. The van der Waals surface area contributed by atoms with Gasteiger partial charge in [0, 0.05) is 24.7 Å². The number of hydrogen-bond acceptors (Lipinski definition) is 5. The fourth-order valence-electron chi connectivity index (χ4n) is 2.38. The van der Waals surface area contributed by atoms with Gasteiger partial charge in [-0.1, -0.05) is 0 Å². The van der Waals surface area contributed by atoms with Gasteiger partial charge in [-0.2, -0.15) is 0 Å². The van der Waals surface area contributed by atoms with Crippen molar-refractivity contribution >= 4 is 15.7 Å². The zero-order valence-corrected chi connectivity index (χ0v) is 13.3. The van der Waals surface area contributed by atoms with Gasteiger partial charge in [-0.3, -0.25) is 9.71 Å². The summed E-state index contributed by atoms with van der Waals surface area (Å²) in [6.45, 7) is 0.640. The van der Waals surface area contributed by atoms with E-state index in [0.717, 1.165) is 12.8 Å². The highest BCUT2D eigenvalue weighted by atomic mass is 32.2. The molecular weight excluding hydrogens is 316 g/mol. The Morgan fingerprint density at radius 2 is 1.83 bits per heavy atom. The summed E-state index contributed by atoms with van der Waals surface area (Å²) in [7, 11) is -3.41. The molecule has 0 bridgehead atoms. The van der Waals surface area contributed by atoms with Crippen molar-refractivity contribution in [3.05, 3.63) is 48.8 Å². The minimum absolute atomic E-state index is 0.0116. The first-order valence-corrected chi connectivity index (χ1v) is 9.06. The van der Waals surface area contributed by atoms with Crippen molar-refractivity contribution in [2.75, 3.05) is 17.1 Å². The Hall–Kier alpha value is -2.12. The third-order valence-electron chi connectivity index (χ3n) is 3.44. The molecule has 1 N–H and O–H groups in total. The lowest BCUT2D eigenvalue weighted by Gasteiger charge is -2.12. The SMILES string of the molecule is O=S(=O)(CC1CCCO1)Nc1ccc(Oc2ccncc2)cc1. The van der Waals surface area contributed by atoms with Crippen LogP contribution in [0.3, 0.4) is 0 Å². The minimum atomic E-state index is -3.41. The standard InChI is InChI=1S/C16H18N2O4S/c19-23(20,12-16-2-1-11-21-16)18-13-3-5-14(6-4-13)22-15-7-9-17-10-8-15/h3-10,16,18H,1-2,11-12H2. The first-order valence-electron chi connectivity index (χ1n) is 7.41. The van der Waals surface area contributed by atoms with Crippen molar-refractivity contribution in [3.63, 3.8) is 0 Å². The first-order chi connectivity index (χ1) is 11.1. The first kappa shape index (κ1) is 15.8. The van der Waals surface area contributed by atoms with Crippen molar-refractivity contribution in [2.24, 2.45) is 0 Å². The zero-order valence-electron chi connectivity index (χ0n) is 12.5. The van der Waals surface area contributed by atoms with Crippen LogP contribution in [0.1, 0.15) is 12.8 Å². The van der Waals surface area contributed by atoms with E-state index >= 15 is 0 Å². The predicted molar refractivity (Wildman–Crippen MR) is 87.1 cm³/mol. The largest absolute Gasteiger partial charge is 0.457 e. The summed E-state index contributed by atoms with van der Waals surface area (Å²) < 4.78 is 37.8. The van der Waals surface area contributed by atoms with Gasteiger partial charge in [0.25, 0.3) is 0 Å². The fraction of sp³-hybridized carbons (Fsp3) is 0.312. The second kappa shape index (κ2) is 6.97. The van der Waals surface area contributed by atoms with E-state index in [9.17, 15) is 8.42 Å². The lowest BCUT2D eigenvalue weighted by atomic mass is 10.3. The van der Waals surface area contributed by atoms with Crippen LogP contribution in [0.2, 0.25) is 0 Å². The van der Waals surface area contributed by atoms with Crippen LogP contribution in [0.4, 0.5) is 5.69 Å². The number of anilines is 1. The summed E-state index contributed by atoms with van der Waals surface area (Å²) in [5, 5.41) is 0. The number of ether oxygens (including phenoxy) is 2. The third-order valence-corrected chi connectivity index (χ3v) is 4.80. The van der Waals surface area contributed by atoms with E-state index in [0.29, 0.717) is 23.8 Å². The molecule has 3 rings (SSSR count). The highest BCUT2D eigenvalue weighted by Gasteiger charge is 2.23. The topological polar surface area (TPSA) is 77.5 Å². The minimum Gasteiger partial charge on any atom is -0.457 e. The number of nitrogens with zero attached hydrogens (tertiary/aromatic N) is 1. The number of hydrogen-bond donors (Lipinski definition) is 1. The van der Waals surface area contributed by atoms with Crippen LogP contribution < -0.4 is 9.46 Å². The van der Waals surface area contributed by atoms with Crippen molar-refractivity contribution in [1.82, 2.24) is 4.98 Å². The molecule has 1 aromatic carbocycles. The summed E-state index contributed by atoms with van der Waals surface area (Å²) in [5.41, 5.74) is 0.505. The molecular formula is C16H18N2O4S. The molecule has 6 nitrogen and oxygen atoms in total. The molecule has 122 valence electrons. The molecule has 1 aromatic heterocycles. The van der Waals surface area contributed by atoms with E-state index in [4.69, 9.17) is 9.47 Å². The molecule has 2 aromatic rings. The quantitative estimate of drug-likeness (QED) is 0.879. The zero-order chi connectivity index (χ0) is 16.1. The van der Waals surface area contributed by atoms with E-state index in [2.05, 4.69) is 9.71 Å². The number of benzene rings is 1. The highest BCUT2D eigenvalue weighted by molar-refractivity contribution is 7.92. The molecule has 1 aliphatic rings. The average molecular weight is 334 g/mol. The highest BCUT2D eigenvalue weighted by Crippen LogP contribution is 2.23. The number of nitrogens with one attached hydrogen (secondary N) is 1. The second-order valence-corrected chi connectivity index (χ2v) is 7.09. The Bertz CT molecular complexity index is 726. The summed E-state index contributed by atoms with van der Waals surface area (Å²) in [5.74, 6) is 1.28. The van der Waals surface area contributed by atoms with Gasteiger partial charge in [-0.25, -0.2) is 8.42 Å². The van der Waals surface area contributed by atoms with Crippen LogP contribution in [0.25, 0.3) is 0 Å². The molecule has 23 heavy (non-hydrogen) atoms. The van der Waals surface area contributed by atoms with E-state index in [1.807, 2.05) is 0 Å². The van der Waals surface area contributed by atoms with Crippen LogP contribution >= 0.6 is 0 Å². The second-order valence-electron chi connectivity index (χ2n) is 5.33. The van der Waals surface area contributed by atoms with Crippen molar-refractivity contribution < 1.29 is 17.9 Å². The Labute approximate surface area is 135 Å². The molecule has 0 spiro atoms. The fourth-order valence-corrected chi connectivity index (χ4v) is 3.71. The molecule has 7 heteroatoms. The maximum Gasteiger partial charge on any atom is 0.235 e. The number of sulfonamides is 1. The summed E-state index contributed by atoms with van der Waals surface area (Å²) in [6, 6.07) is 10.3. The van der Waals surface area contributed by atoms with Crippen LogP contribution in [0.5, 0.6) is 11.5 Å². The maximum atomic E-state index is 12.1. The number of pyridine rings is 1. The molecule has 1 atom stereocenters. The van der Waals surface area contributed by atoms with E-state index in [-0.39, 0.29) is 11.9 Å². The van der Waals surface area contributed by atoms with E-state index < -0.39 is 10.0 Å². The van der Waals surface area contributed by atoms with Gasteiger partial charge in [-0.05, 0) is 49.2 Å². The monoisotopic (exact) mass is 334 g/mol. The van der Waals surface area contributed by atoms with E-state index in [1.165, 1.54) is 0 Å². The maximum absolute atomic E-state index is 12.1. The van der Waals surface area contributed by atoms with Crippen molar-refractivity contribution in [2.45, 2.75) is 18.9 Å². The molecule has 2 heterocycles. The van der Waals surface area contributed by atoms with Gasteiger partial charge < -0.3 is 9.47 Å². The molecule has 0 radical (unpaired) electrons. The smallest absolute Gasteiger partial charge is 0.235 e. The van der Waals surface area contributed by atoms with Crippen molar-refractivity contribution in [3.8, 4) is 11.5 Å². The van der Waals surface area contributed by atoms with Crippen LogP contribution in [0, 0.1) is 0 Å². The van der Waals surface area contributed by atoms with Crippen LogP contribution in [-0.4, -0.2) is 31.9 Å². The summed E-state index contributed by atoms with van der Waals surface area (Å²) in [6.07, 6.45) is 4.79. The van der Waals surface area contributed by atoms with Gasteiger partial charge in [0.1, 0.15) is 11.5 Å². The third kappa shape index (κ3) is 4.67. The molecule has 1 saturated heterocycles. The van der Waals surface area contributed by atoms with E-state index in [1.54, 1.807) is 48.8 Å². The lowest BCUT2D eigenvalue weighted by Crippen LogP contribution is -2.25. The summed E-state index contributed by atoms with van der Waals surface area (Å²) in [4.78, 5) is 3.92. The van der Waals surface area contributed by atoms with Crippen molar-refractivity contribution in [1.29, 1.82) is 0 Å². The summed E-state index contributed by atoms with van der Waals surface area (Å²) >= 11 is 0. The van der Waals surface area contributed by atoms with Gasteiger partial charge in [-0.15, -0.1) is 0 Å². The van der Waals surface area contributed by atoms with Crippen LogP contribution in [0.15, 0.2) is 48.8 Å². The van der Waals surface area contributed by atoms with Crippen LogP contribution in [-0.2, 0) is 14.8 Å². The molecule has 0 amide bonds. The lowest BCUT2D eigenvalue weighted by molar-refractivity contribution is 0.127.